The van der Waals surface area contributed by atoms with Crippen LogP contribution in [0, 0.1) is 5.92 Å². The number of amides is 1. The minimum Gasteiger partial charge on any atom is -0.469 e. The summed E-state index contributed by atoms with van der Waals surface area (Å²) in [6, 6.07) is -0.499. The molecular formula is C10H18N2O3. The van der Waals surface area contributed by atoms with Gasteiger partial charge in [-0.3, -0.25) is 9.59 Å². The van der Waals surface area contributed by atoms with Crippen LogP contribution in [0.5, 0.6) is 0 Å². The number of hydrogen-bond acceptors (Lipinski definition) is 4. The van der Waals surface area contributed by atoms with Crippen molar-refractivity contribution in [1.29, 1.82) is 0 Å². The van der Waals surface area contributed by atoms with Crippen LogP contribution in [0.4, 0.5) is 0 Å². The molecule has 0 aromatic heterocycles. The van der Waals surface area contributed by atoms with E-state index in [1.807, 2.05) is 0 Å². The first kappa shape index (κ1) is 12.0. The van der Waals surface area contributed by atoms with Gasteiger partial charge in [0.1, 0.15) is 0 Å². The van der Waals surface area contributed by atoms with Crippen molar-refractivity contribution >= 4 is 11.9 Å². The SMILES string of the molecule is COC(=O)[C@@H]1CCCN(C(=O)[C@@H](C)N)C1. The molecule has 86 valence electrons. The summed E-state index contributed by atoms with van der Waals surface area (Å²) in [5.74, 6) is -0.521. The van der Waals surface area contributed by atoms with Gasteiger partial charge in [-0.05, 0) is 19.8 Å². The highest BCUT2D eigenvalue weighted by molar-refractivity contribution is 5.82. The summed E-state index contributed by atoms with van der Waals surface area (Å²) >= 11 is 0. The number of methoxy groups -OCH3 is 1. The van der Waals surface area contributed by atoms with Gasteiger partial charge < -0.3 is 15.4 Å². The molecule has 1 rings (SSSR count). The first-order valence-electron chi connectivity index (χ1n) is 5.18. The van der Waals surface area contributed by atoms with Crippen LogP contribution in [0.15, 0.2) is 0 Å². The molecule has 1 fully saturated rings. The van der Waals surface area contributed by atoms with Crippen LogP contribution >= 0.6 is 0 Å². The van der Waals surface area contributed by atoms with Gasteiger partial charge in [-0.1, -0.05) is 0 Å². The summed E-state index contributed by atoms with van der Waals surface area (Å²) in [4.78, 5) is 24.6. The highest BCUT2D eigenvalue weighted by Gasteiger charge is 2.29. The second kappa shape index (κ2) is 5.11. The number of ether oxygens (including phenoxy) is 1. The van der Waals surface area contributed by atoms with E-state index in [1.54, 1.807) is 11.8 Å². The van der Waals surface area contributed by atoms with Gasteiger partial charge in [0.05, 0.1) is 19.1 Å². The van der Waals surface area contributed by atoms with E-state index in [1.165, 1.54) is 7.11 Å². The fourth-order valence-corrected chi connectivity index (χ4v) is 1.82. The fraction of sp³-hybridized carbons (Fsp3) is 0.800. The quantitative estimate of drug-likeness (QED) is 0.643. The highest BCUT2D eigenvalue weighted by atomic mass is 16.5. The van der Waals surface area contributed by atoms with Gasteiger partial charge in [0.25, 0.3) is 0 Å². The summed E-state index contributed by atoms with van der Waals surface area (Å²) in [5, 5.41) is 0. The maximum absolute atomic E-state index is 11.6. The Hall–Kier alpha value is -1.10. The van der Waals surface area contributed by atoms with E-state index < -0.39 is 6.04 Å². The average molecular weight is 214 g/mol. The third-order valence-electron chi connectivity index (χ3n) is 2.66. The van der Waals surface area contributed by atoms with Gasteiger partial charge in [-0.15, -0.1) is 0 Å². The zero-order valence-corrected chi connectivity index (χ0v) is 9.23. The fourth-order valence-electron chi connectivity index (χ4n) is 1.82. The molecule has 1 saturated heterocycles. The lowest BCUT2D eigenvalue weighted by Gasteiger charge is -2.32. The smallest absolute Gasteiger partial charge is 0.310 e. The topological polar surface area (TPSA) is 72.6 Å². The molecular weight excluding hydrogens is 196 g/mol. The zero-order valence-electron chi connectivity index (χ0n) is 9.23. The van der Waals surface area contributed by atoms with Crippen molar-refractivity contribution in [3.8, 4) is 0 Å². The Morgan fingerprint density at radius 1 is 1.53 bits per heavy atom. The van der Waals surface area contributed by atoms with Crippen LogP contribution in [-0.4, -0.2) is 43.0 Å². The Morgan fingerprint density at radius 2 is 2.20 bits per heavy atom. The zero-order chi connectivity index (χ0) is 11.4. The molecule has 2 N–H and O–H groups in total. The van der Waals surface area contributed by atoms with Crippen molar-refractivity contribution in [2.24, 2.45) is 11.7 Å². The van der Waals surface area contributed by atoms with Gasteiger partial charge in [0.2, 0.25) is 5.91 Å². The molecule has 0 saturated carbocycles. The number of esters is 1. The van der Waals surface area contributed by atoms with Crippen LogP contribution in [0.2, 0.25) is 0 Å². The summed E-state index contributed by atoms with van der Waals surface area (Å²) in [7, 11) is 1.37. The van der Waals surface area contributed by atoms with Crippen molar-refractivity contribution in [3.63, 3.8) is 0 Å². The minimum atomic E-state index is -0.499. The summed E-state index contributed by atoms with van der Waals surface area (Å²) in [5.41, 5.74) is 5.51. The molecule has 0 bridgehead atoms. The molecule has 0 aromatic rings. The lowest BCUT2D eigenvalue weighted by atomic mass is 9.98. The monoisotopic (exact) mass is 214 g/mol. The maximum atomic E-state index is 11.6. The van der Waals surface area contributed by atoms with Crippen molar-refractivity contribution in [3.05, 3.63) is 0 Å². The van der Waals surface area contributed by atoms with E-state index in [0.29, 0.717) is 13.1 Å². The Balaban J connectivity index is 2.56. The number of hydrogen-bond donors (Lipinski definition) is 1. The molecule has 1 heterocycles. The molecule has 5 heteroatoms. The van der Waals surface area contributed by atoms with Crippen molar-refractivity contribution < 1.29 is 14.3 Å². The van der Waals surface area contributed by atoms with E-state index in [0.717, 1.165) is 12.8 Å². The second-order valence-corrected chi connectivity index (χ2v) is 3.94. The molecule has 5 nitrogen and oxygen atoms in total. The van der Waals surface area contributed by atoms with Gasteiger partial charge in [0, 0.05) is 13.1 Å². The lowest BCUT2D eigenvalue weighted by Crippen LogP contribution is -2.48. The van der Waals surface area contributed by atoms with Crippen molar-refractivity contribution in [1.82, 2.24) is 4.90 Å². The second-order valence-electron chi connectivity index (χ2n) is 3.94. The molecule has 15 heavy (non-hydrogen) atoms. The Bertz CT molecular complexity index is 253. The van der Waals surface area contributed by atoms with E-state index in [-0.39, 0.29) is 17.8 Å². The van der Waals surface area contributed by atoms with E-state index in [2.05, 4.69) is 4.74 Å². The molecule has 0 spiro atoms. The van der Waals surface area contributed by atoms with Crippen LogP contribution in [0.25, 0.3) is 0 Å². The average Bonchev–Trinajstić information content (AvgIpc) is 2.27. The van der Waals surface area contributed by atoms with E-state index >= 15 is 0 Å². The normalized spacial score (nSPS) is 23.4. The van der Waals surface area contributed by atoms with Crippen molar-refractivity contribution in [2.45, 2.75) is 25.8 Å². The van der Waals surface area contributed by atoms with E-state index in [4.69, 9.17) is 5.73 Å². The number of piperidine rings is 1. The lowest BCUT2D eigenvalue weighted by molar-refractivity contribution is -0.149. The van der Waals surface area contributed by atoms with Gasteiger partial charge in [0.15, 0.2) is 0 Å². The van der Waals surface area contributed by atoms with Crippen LogP contribution in [0.3, 0.4) is 0 Å². The molecule has 1 amide bonds. The third-order valence-corrected chi connectivity index (χ3v) is 2.66. The molecule has 2 atom stereocenters. The Labute approximate surface area is 89.6 Å². The molecule has 0 aromatic carbocycles. The number of rotatable bonds is 2. The first-order chi connectivity index (χ1) is 7.06. The van der Waals surface area contributed by atoms with Crippen LogP contribution in [-0.2, 0) is 14.3 Å². The molecule has 0 aliphatic carbocycles. The Kier molecular flexibility index (Phi) is 4.08. The number of nitrogens with two attached hydrogens (primary N) is 1. The Morgan fingerprint density at radius 3 is 2.73 bits per heavy atom. The molecule has 0 unspecified atom stereocenters. The van der Waals surface area contributed by atoms with Gasteiger partial charge in [-0.25, -0.2) is 0 Å². The number of likely N-dealkylation sites (tertiary alicyclic amines) is 1. The number of nitrogens with zero attached hydrogens (tertiary/aromatic N) is 1. The van der Waals surface area contributed by atoms with Gasteiger partial charge in [-0.2, -0.15) is 0 Å². The predicted molar refractivity (Wildman–Crippen MR) is 55.0 cm³/mol. The molecule has 1 aliphatic rings. The maximum Gasteiger partial charge on any atom is 0.310 e. The summed E-state index contributed by atoms with van der Waals surface area (Å²) in [6.45, 7) is 2.78. The van der Waals surface area contributed by atoms with Crippen LogP contribution < -0.4 is 5.73 Å². The van der Waals surface area contributed by atoms with E-state index in [9.17, 15) is 9.59 Å². The number of carbonyl (C=O) groups excluding carboxylic acids is 2. The summed E-state index contributed by atoms with van der Waals surface area (Å²) < 4.78 is 4.67. The highest BCUT2D eigenvalue weighted by Crippen LogP contribution is 2.18. The van der Waals surface area contributed by atoms with Crippen LogP contribution in [0.1, 0.15) is 19.8 Å². The molecule has 1 aliphatic heterocycles. The largest absolute Gasteiger partial charge is 0.469 e. The summed E-state index contributed by atoms with van der Waals surface area (Å²) in [6.07, 6.45) is 1.62. The number of carbonyl (C=O) groups is 2. The molecule has 0 radical (unpaired) electrons. The minimum absolute atomic E-state index is 0.0939. The third kappa shape index (κ3) is 2.92. The van der Waals surface area contributed by atoms with Gasteiger partial charge >= 0.3 is 5.97 Å². The standard InChI is InChI=1S/C10H18N2O3/c1-7(11)9(13)12-5-3-4-8(6-12)10(14)15-2/h7-8H,3-6,11H2,1-2H3/t7-,8-/m1/s1. The first-order valence-corrected chi connectivity index (χ1v) is 5.18. The van der Waals surface area contributed by atoms with Crippen molar-refractivity contribution in [2.75, 3.05) is 20.2 Å². The predicted octanol–water partition coefficient (Wildman–Crippen LogP) is -0.255.